The normalized spacial score (nSPS) is 11.9. The third kappa shape index (κ3) is 5.39. The van der Waals surface area contributed by atoms with E-state index in [1.807, 2.05) is 27.7 Å². The van der Waals surface area contributed by atoms with Crippen molar-refractivity contribution in [2.45, 2.75) is 40.2 Å². The Bertz CT molecular complexity index is 483. The van der Waals surface area contributed by atoms with E-state index in [4.69, 9.17) is 4.74 Å². The van der Waals surface area contributed by atoms with Crippen molar-refractivity contribution in [1.29, 1.82) is 0 Å². The van der Waals surface area contributed by atoms with Crippen LogP contribution in [0.15, 0.2) is 24.3 Å². The fourth-order valence-electron chi connectivity index (χ4n) is 1.99. The fourth-order valence-corrected chi connectivity index (χ4v) is 1.99. The topological polar surface area (TPSA) is 67.4 Å². The molecule has 2 N–H and O–H groups in total. The Morgan fingerprint density at radius 1 is 1.14 bits per heavy atom. The molecular weight excluding hydrogens is 280 g/mol. The second-order valence-corrected chi connectivity index (χ2v) is 5.44. The highest BCUT2D eigenvalue weighted by Crippen LogP contribution is 2.12. The molecule has 0 unspecified atom stereocenters. The van der Waals surface area contributed by atoms with Gasteiger partial charge < -0.3 is 15.4 Å². The highest BCUT2D eigenvalue weighted by Gasteiger charge is 2.24. The van der Waals surface area contributed by atoms with E-state index in [1.54, 1.807) is 24.3 Å². The molecule has 1 aromatic carbocycles. The number of carbonyl (C=O) groups is 2. The summed E-state index contributed by atoms with van der Waals surface area (Å²) in [6, 6.07) is 6.36. The molecule has 2 amide bonds. The van der Waals surface area contributed by atoms with Gasteiger partial charge in [0.1, 0.15) is 11.8 Å². The Labute approximate surface area is 132 Å². The molecule has 0 aromatic heterocycles. The summed E-state index contributed by atoms with van der Waals surface area (Å²) in [5.74, 6) is 0.341. The molecule has 0 spiro atoms. The second-order valence-electron chi connectivity index (χ2n) is 5.44. The Morgan fingerprint density at radius 2 is 1.77 bits per heavy atom. The molecule has 5 nitrogen and oxygen atoms in total. The third-order valence-electron chi connectivity index (χ3n) is 3.21. The Morgan fingerprint density at radius 3 is 2.27 bits per heavy atom. The summed E-state index contributed by atoms with van der Waals surface area (Å²) in [7, 11) is 0. The summed E-state index contributed by atoms with van der Waals surface area (Å²) in [6.07, 6.45) is 0.864. The molecule has 0 fully saturated rings. The average molecular weight is 306 g/mol. The highest BCUT2D eigenvalue weighted by molar-refractivity contribution is 5.97. The summed E-state index contributed by atoms with van der Waals surface area (Å²) in [6.45, 7) is 8.91. The zero-order valence-electron chi connectivity index (χ0n) is 13.8. The first kappa shape index (κ1) is 18.0. The molecule has 0 aliphatic heterocycles. The number of nitrogens with one attached hydrogen (secondary N) is 2. The van der Waals surface area contributed by atoms with Crippen LogP contribution in [0.4, 0.5) is 0 Å². The molecule has 1 rings (SSSR count). The number of amides is 2. The van der Waals surface area contributed by atoms with Gasteiger partial charge in [0, 0.05) is 12.1 Å². The highest BCUT2D eigenvalue weighted by atomic mass is 16.5. The lowest BCUT2D eigenvalue weighted by molar-refractivity contribution is -0.123. The number of rotatable bonds is 8. The second kappa shape index (κ2) is 9.07. The molecule has 0 aliphatic carbocycles. The lowest BCUT2D eigenvalue weighted by Crippen LogP contribution is -2.49. The molecule has 0 bridgehead atoms. The van der Waals surface area contributed by atoms with Crippen LogP contribution in [0.2, 0.25) is 0 Å². The van der Waals surface area contributed by atoms with Gasteiger partial charge in [-0.3, -0.25) is 9.59 Å². The van der Waals surface area contributed by atoms with Crippen LogP contribution < -0.4 is 15.4 Å². The average Bonchev–Trinajstić information content (AvgIpc) is 2.50. The van der Waals surface area contributed by atoms with Crippen molar-refractivity contribution in [2.24, 2.45) is 5.92 Å². The van der Waals surface area contributed by atoms with Gasteiger partial charge in [0.15, 0.2) is 0 Å². The third-order valence-corrected chi connectivity index (χ3v) is 3.21. The predicted molar refractivity (Wildman–Crippen MR) is 87.0 cm³/mol. The van der Waals surface area contributed by atoms with Gasteiger partial charge in [0.05, 0.1) is 6.61 Å². The first-order valence-electron chi connectivity index (χ1n) is 7.81. The summed E-state index contributed by atoms with van der Waals surface area (Å²) in [5.41, 5.74) is 0.511. The summed E-state index contributed by atoms with van der Waals surface area (Å²) in [5, 5.41) is 5.62. The van der Waals surface area contributed by atoms with Crippen molar-refractivity contribution in [3.63, 3.8) is 0 Å². The molecular formula is C17H26N2O3. The molecule has 0 saturated carbocycles. The predicted octanol–water partition coefficient (Wildman–Crippen LogP) is 2.37. The van der Waals surface area contributed by atoms with E-state index in [-0.39, 0.29) is 17.7 Å². The maximum atomic E-state index is 12.3. The first-order chi connectivity index (χ1) is 10.5. The van der Waals surface area contributed by atoms with Crippen LogP contribution in [0.5, 0.6) is 5.75 Å². The van der Waals surface area contributed by atoms with Crippen LogP contribution in [-0.2, 0) is 4.79 Å². The standard InChI is InChI=1S/C17H26N2O3/c1-5-11-18-17(21)15(12(3)4)19-16(20)13-7-9-14(10-8-13)22-6-2/h7-10,12,15H,5-6,11H2,1-4H3,(H,18,21)(H,19,20)/t15-/m1/s1. The number of carbonyl (C=O) groups excluding carboxylic acids is 2. The van der Waals surface area contributed by atoms with Crippen LogP contribution in [0.25, 0.3) is 0 Å². The molecule has 0 heterocycles. The van der Waals surface area contributed by atoms with E-state index < -0.39 is 6.04 Å². The monoisotopic (exact) mass is 306 g/mol. The maximum Gasteiger partial charge on any atom is 0.251 e. The minimum absolute atomic E-state index is 0.0171. The fraction of sp³-hybridized carbons (Fsp3) is 0.529. The van der Waals surface area contributed by atoms with E-state index in [1.165, 1.54) is 0 Å². The summed E-state index contributed by atoms with van der Waals surface area (Å²) in [4.78, 5) is 24.4. The molecule has 0 radical (unpaired) electrons. The molecule has 0 saturated heterocycles. The molecule has 1 atom stereocenters. The van der Waals surface area contributed by atoms with Crippen LogP contribution in [0.3, 0.4) is 0 Å². The van der Waals surface area contributed by atoms with Gasteiger partial charge in [0.25, 0.3) is 5.91 Å². The number of ether oxygens (including phenoxy) is 1. The van der Waals surface area contributed by atoms with Gasteiger partial charge in [-0.25, -0.2) is 0 Å². The van der Waals surface area contributed by atoms with E-state index >= 15 is 0 Å². The van der Waals surface area contributed by atoms with Gasteiger partial charge in [-0.2, -0.15) is 0 Å². The zero-order valence-corrected chi connectivity index (χ0v) is 13.8. The number of hydrogen-bond donors (Lipinski definition) is 2. The Kier molecular flexibility index (Phi) is 7.43. The van der Waals surface area contributed by atoms with Crippen LogP contribution >= 0.6 is 0 Å². The molecule has 0 aliphatic rings. The van der Waals surface area contributed by atoms with Gasteiger partial charge in [0.2, 0.25) is 5.91 Å². The number of hydrogen-bond acceptors (Lipinski definition) is 3. The van der Waals surface area contributed by atoms with Crippen molar-refractivity contribution in [2.75, 3.05) is 13.2 Å². The lowest BCUT2D eigenvalue weighted by atomic mass is 10.0. The van der Waals surface area contributed by atoms with E-state index in [9.17, 15) is 9.59 Å². The largest absolute Gasteiger partial charge is 0.494 e. The quantitative estimate of drug-likeness (QED) is 0.775. The smallest absolute Gasteiger partial charge is 0.251 e. The van der Waals surface area contributed by atoms with Crippen LogP contribution in [0.1, 0.15) is 44.5 Å². The molecule has 1 aromatic rings. The van der Waals surface area contributed by atoms with Crippen molar-refractivity contribution < 1.29 is 14.3 Å². The summed E-state index contributed by atoms with van der Waals surface area (Å²) < 4.78 is 5.35. The van der Waals surface area contributed by atoms with E-state index in [0.29, 0.717) is 18.7 Å². The molecule has 5 heteroatoms. The maximum absolute atomic E-state index is 12.3. The molecule has 122 valence electrons. The van der Waals surface area contributed by atoms with Crippen molar-refractivity contribution in [3.05, 3.63) is 29.8 Å². The van der Waals surface area contributed by atoms with Gasteiger partial charge >= 0.3 is 0 Å². The van der Waals surface area contributed by atoms with Crippen molar-refractivity contribution in [3.8, 4) is 5.75 Å². The minimum atomic E-state index is -0.536. The van der Waals surface area contributed by atoms with Crippen molar-refractivity contribution in [1.82, 2.24) is 10.6 Å². The minimum Gasteiger partial charge on any atom is -0.494 e. The van der Waals surface area contributed by atoms with Gasteiger partial charge in [-0.05, 0) is 43.5 Å². The molecule has 22 heavy (non-hydrogen) atoms. The number of benzene rings is 1. The van der Waals surface area contributed by atoms with Crippen LogP contribution in [-0.4, -0.2) is 31.0 Å². The zero-order chi connectivity index (χ0) is 16.5. The summed E-state index contributed by atoms with van der Waals surface area (Å²) >= 11 is 0. The van der Waals surface area contributed by atoms with Crippen LogP contribution in [0, 0.1) is 5.92 Å². The SMILES string of the molecule is CCCNC(=O)[C@H](NC(=O)c1ccc(OCC)cc1)C(C)C. The van der Waals surface area contributed by atoms with Gasteiger partial charge in [-0.1, -0.05) is 20.8 Å². The van der Waals surface area contributed by atoms with Crippen molar-refractivity contribution >= 4 is 11.8 Å². The Balaban J connectivity index is 2.72. The van der Waals surface area contributed by atoms with E-state index in [2.05, 4.69) is 10.6 Å². The van der Waals surface area contributed by atoms with Gasteiger partial charge in [-0.15, -0.1) is 0 Å². The van der Waals surface area contributed by atoms with E-state index in [0.717, 1.165) is 12.2 Å². The lowest BCUT2D eigenvalue weighted by Gasteiger charge is -2.21. The first-order valence-corrected chi connectivity index (χ1v) is 7.81. The Hall–Kier alpha value is -2.04.